The number of imide groups is 1. The van der Waals surface area contributed by atoms with Gasteiger partial charge in [-0.25, -0.2) is 5.41 Å². The summed E-state index contributed by atoms with van der Waals surface area (Å²) >= 11 is 0. The van der Waals surface area contributed by atoms with Crippen LogP contribution in [0.25, 0.3) is 0 Å². The second kappa shape index (κ2) is 3.42. The molecule has 6 nitrogen and oxygen atoms in total. The number of hydrogen-bond donors (Lipinski definition) is 1. The largest absolute Gasteiger partial charge is 0.331 e. The van der Waals surface area contributed by atoms with Crippen LogP contribution in [-0.2, 0) is 14.4 Å². The molecule has 1 fully saturated rings. The van der Waals surface area contributed by atoms with Crippen molar-refractivity contribution >= 4 is 17.8 Å². The minimum absolute atomic E-state index is 0.166. The van der Waals surface area contributed by atoms with E-state index >= 15 is 0 Å². The van der Waals surface area contributed by atoms with Crippen LogP contribution in [0.2, 0.25) is 0 Å². The van der Waals surface area contributed by atoms with E-state index in [1.807, 2.05) is 0 Å². The molecule has 0 atom stereocenters. The smallest absolute Gasteiger partial charge is 0.312 e. The molecular formula is C7H11N3O3. The summed E-state index contributed by atoms with van der Waals surface area (Å²) in [4.78, 5) is 28.1. The topological polar surface area (TPSA) is 73.7 Å². The van der Waals surface area contributed by atoms with Crippen LogP contribution in [0.3, 0.4) is 0 Å². The van der Waals surface area contributed by atoms with E-state index in [0.29, 0.717) is 5.06 Å². The normalized spacial score (nSPS) is 16.3. The van der Waals surface area contributed by atoms with Gasteiger partial charge in [-0.15, -0.1) is 5.06 Å². The third kappa shape index (κ3) is 1.95. The average Bonchev–Trinajstić information content (AvgIpc) is 2.35. The highest BCUT2D eigenvalue weighted by Gasteiger charge is 2.32. The zero-order valence-corrected chi connectivity index (χ0v) is 7.53. The molecule has 0 radical (unpaired) electrons. The maximum atomic E-state index is 11.0. The Morgan fingerprint density at radius 2 is 1.85 bits per heavy atom. The molecule has 6 heteroatoms. The van der Waals surface area contributed by atoms with Crippen LogP contribution in [0.15, 0.2) is 0 Å². The fraction of sp³-hybridized carbons (Fsp3) is 0.571. The van der Waals surface area contributed by atoms with E-state index in [1.165, 1.54) is 4.90 Å². The van der Waals surface area contributed by atoms with Crippen molar-refractivity contribution in [3.63, 3.8) is 0 Å². The Balaban J connectivity index is 2.58. The predicted molar refractivity (Wildman–Crippen MR) is 43.6 cm³/mol. The van der Waals surface area contributed by atoms with Gasteiger partial charge in [0.2, 0.25) is 0 Å². The Labute approximate surface area is 75.5 Å². The van der Waals surface area contributed by atoms with Crippen LogP contribution in [-0.4, -0.2) is 41.9 Å². The number of carbonyl (C=O) groups is 2. The summed E-state index contributed by atoms with van der Waals surface area (Å²) in [7, 11) is 3.18. The van der Waals surface area contributed by atoms with E-state index < -0.39 is 11.8 Å². The second-order valence-electron chi connectivity index (χ2n) is 2.87. The first-order valence-electron chi connectivity index (χ1n) is 3.82. The molecule has 0 spiro atoms. The number of hydrogen-bond acceptors (Lipinski definition) is 4. The van der Waals surface area contributed by atoms with E-state index in [0.717, 1.165) is 0 Å². The highest BCUT2D eigenvalue weighted by molar-refractivity contribution is 6.01. The number of carbonyl (C=O) groups excluding carboxylic acids is 2. The maximum Gasteiger partial charge on any atom is 0.312 e. The van der Waals surface area contributed by atoms with E-state index in [1.54, 1.807) is 14.1 Å². The van der Waals surface area contributed by atoms with Crippen molar-refractivity contribution in [3.8, 4) is 0 Å². The fourth-order valence-corrected chi connectivity index (χ4v) is 0.826. The van der Waals surface area contributed by atoms with Crippen molar-refractivity contribution < 1.29 is 14.4 Å². The molecule has 0 aromatic carbocycles. The van der Waals surface area contributed by atoms with Crippen molar-refractivity contribution in [2.45, 2.75) is 12.8 Å². The molecule has 1 N–H and O–H groups in total. The van der Waals surface area contributed by atoms with Gasteiger partial charge >= 0.3 is 6.02 Å². The molecule has 0 unspecified atom stereocenters. The zero-order chi connectivity index (χ0) is 10.0. The lowest BCUT2D eigenvalue weighted by atomic mass is 10.4. The van der Waals surface area contributed by atoms with Crippen LogP contribution >= 0.6 is 0 Å². The molecule has 72 valence electrons. The summed E-state index contributed by atoms with van der Waals surface area (Å²) in [6.07, 6.45) is 0.332. The summed E-state index contributed by atoms with van der Waals surface area (Å²) in [5.41, 5.74) is 0. The van der Waals surface area contributed by atoms with Gasteiger partial charge < -0.3 is 9.74 Å². The molecule has 1 aliphatic heterocycles. The molecule has 1 aliphatic rings. The molecule has 1 saturated heterocycles. The number of nitrogens with one attached hydrogen (secondary N) is 1. The van der Waals surface area contributed by atoms with Crippen molar-refractivity contribution in [3.05, 3.63) is 0 Å². The van der Waals surface area contributed by atoms with Gasteiger partial charge in [-0.1, -0.05) is 0 Å². The Kier molecular flexibility index (Phi) is 2.50. The van der Waals surface area contributed by atoms with Crippen molar-refractivity contribution in [1.29, 1.82) is 5.41 Å². The molecule has 0 aliphatic carbocycles. The summed E-state index contributed by atoms with van der Waals surface area (Å²) in [6.45, 7) is 0. The number of amidine groups is 1. The quantitative estimate of drug-likeness (QED) is 0.341. The lowest BCUT2D eigenvalue weighted by molar-refractivity contribution is -0.169. The highest BCUT2D eigenvalue weighted by atomic mass is 16.7. The molecule has 0 aromatic heterocycles. The van der Waals surface area contributed by atoms with E-state index in [9.17, 15) is 9.59 Å². The number of hydroxylamine groups is 2. The van der Waals surface area contributed by atoms with Crippen molar-refractivity contribution in [2.75, 3.05) is 14.1 Å². The fourth-order valence-electron chi connectivity index (χ4n) is 0.826. The third-order valence-electron chi connectivity index (χ3n) is 1.59. The maximum absolute atomic E-state index is 11.0. The number of rotatable bonds is 1. The second-order valence-corrected chi connectivity index (χ2v) is 2.87. The number of nitrogens with zero attached hydrogens (tertiary/aromatic N) is 2. The Bertz CT molecular complexity index is 246. The predicted octanol–water partition coefficient (Wildman–Crippen LogP) is -0.437. The zero-order valence-electron chi connectivity index (χ0n) is 7.53. The lowest BCUT2D eigenvalue weighted by Crippen LogP contribution is -2.36. The summed E-state index contributed by atoms with van der Waals surface area (Å²) in [5.74, 6) is -0.784. The minimum atomic E-state index is -0.392. The standard InChI is InChI=1S/C7H11N3O3/c1-9(2)7(8)13-10-5(11)3-4-6(10)12/h8H,3-4H2,1-2H3. The first-order chi connectivity index (χ1) is 6.02. The molecule has 0 bridgehead atoms. The van der Waals surface area contributed by atoms with Gasteiger partial charge in [-0.3, -0.25) is 9.59 Å². The summed E-state index contributed by atoms with van der Waals surface area (Å²) in [5, 5.41) is 7.89. The lowest BCUT2D eigenvalue weighted by Gasteiger charge is -2.18. The molecule has 0 saturated carbocycles. The first-order valence-corrected chi connectivity index (χ1v) is 3.82. The SMILES string of the molecule is CN(C)C(=N)ON1C(=O)CCC1=O. The van der Waals surface area contributed by atoms with Gasteiger partial charge in [0, 0.05) is 26.9 Å². The van der Waals surface area contributed by atoms with Gasteiger partial charge in [0.05, 0.1) is 0 Å². The summed E-state index contributed by atoms with van der Waals surface area (Å²) in [6, 6.07) is -0.233. The van der Waals surface area contributed by atoms with Crippen molar-refractivity contribution in [2.24, 2.45) is 0 Å². The van der Waals surface area contributed by atoms with Crippen LogP contribution < -0.4 is 0 Å². The van der Waals surface area contributed by atoms with E-state index in [2.05, 4.69) is 0 Å². The molecule has 1 heterocycles. The average molecular weight is 185 g/mol. The number of amides is 2. The summed E-state index contributed by atoms with van der Waals surface area (Å²) < 4.78 is 0. The molecular weight excluding hydrogens is 174 g/mol. The van der Waals surface area contributed by atoms with E-state index in [-0.39, 0.29) is 18.9 Å². The van der Waals surface area contributed by atoms with Gasteiger partial charge in [-0.2, -0.15) is 0 Å². The Morgan fingerprint density at radius 3 is 2.23 bits per heavy atom. The van der Waals surface area contributed by atoms with Gasteiger partial charge in [0.15, 0.2) is 0 Å². The van der Waals surface area contributed by atoms with Crippen LogP contribution in [0, 0.1) is 5.41 Å². The van der Waals surface area contributed by atoms with Gasteiger partial charge in [-0.05, 0) is 0 Å². The third-order valence-corrected chi connectivity index (χ3v) is 1.59. The minimum Gasteiger partial charge on any atom is -0.331 e. The monoisotopic (exact) mass is 185 g/mol. The molecule has 0 aromatic rings. The van der Waals surface area contributed by atoms with E-state index in [4.69, 9.17) is 10.2 Å². The first kappa shape index (κ1) is 9.50. The Morgan fingerprint density at radius 1 is 1.38 bits per heavy atom. The highest BCUT2D eigenvalue weighted by Crippen LogP contribution is 2.12. The van der Waals surface area contributed by atoms with Crippen LogP contribution in [0.4, 0.5) is 0 Å². The molecule has 13 heavy (non-hydrogen) atoms. The Hall–Kier alpha value is -1.59. The van der Waals surface area contributed by atoms with Gasteiger partial charge in [0.1, 0.15) is 0 Å². The molecule has 2 amide bonds. The van der Waals surface area contributed by atoms with Crippen LogP contribution in [0.5, 0.6) is 0 Å². The van der Waals surface area contributed by atoms with Crippen LogP contribution in [0.1, 0.15) is 12.8 Å². The molecule has 1 rings (SSSR count). The van der Waals surface area contributed by atoms with Gasteiger partial charge in [0.25, 0.3) is 11.8 Å². The van der Waals surface area contributed by atoms with Crippen molar-refractivity contribution in [1.82, 2.24) is 9.96 Å².